The normalized spacial score (nSPS) is 16.1. The maximum atomic E-state index is 12.4. The van der Waals surface area contributed by atoms with Gasteiger partial charge < -0.3 is 9.32 Å². The molecule has 5 heteroatoms. The summed E-state index contributed by atoms with van der Waals surface area (Å²) in [5.74, 6) is 0.711. The largest absolute Gasteiger partial charge is 0.444 e. The van der Waals surface area contributed by atoms with Crippen LogP contribution < -0.4 is 10.2 Å². The third kappa shape index (κ3) is 2.68. The molecule has 1 aliphatic heterocycles. The molecule has 0 saturated carbocycles. The monoisotopic (exact) mass is 309 g/mol. The molecule has 3 rings (SSSR count). The van der Waals surface area contributed by atoms with Gasteiger partial charge in [0.2, 0.25) is 11.8 Å². The first-order valence-corrected chi connectivity index (χ1v) is 7.65. The molecule has 0 fully saturated rings. The van der Waals surface area contributed by atoms with Crippen molar-refractivity contribution in [2.45, 2.75) is 33.2 Å². The molecule has 1 N–H and O–H groups in total. The van der Waals surface area contributed by atoms with E-state index in [1.165, 1.54) is 5.56 Å². The average Bonchev–Trinajstić information content (AvgIpc) is 2.97. The van der Waals surface area contributed by atoms with Gasteiger partial charge in [-0.15, -0.1) is 0 Å². The number of rotatable bonds is 3. The fraction of sp³-hybridized carbons (Fsp3) is 0.333. The Bertz CT molecular complexity index is 801. The minimum absolute atomic E-state index is 0.182. The molecular weight excluding hydrogens is 290 g/mol. The summed E-state index contributed by atoms with van der Waals surface area (Å²) in [4.78, 5) is 14.5. The van der Waals surface area contributed by atoms with E-state index in [9.17, 15) is 10.1 Å². The summed E-state index contributed by atoms with van der Waals surface area (Å²) in [6.07, 6.45) is 0.936. The molecule has 1 aromatic heterocycles. The van der Waals surface area contributed by atoms with Gasteiger partial charge in [-0.05, 0) is 38.8 Å². The minimum Gasteiger partial charge on any atom is -0.444 e. The Morgan fingerprint density at radius 2 is 2.17 bits per heavy atom. The molecule has 2 aromatic rings. The summed E-state index contributed by atoms with van der Waals surface area (Å²) in [5, 5.41) is 11.9. The van der Waals surface area contributed by atoms with Crippen LogP contribution in [0, 0.1) is 25.2 Å². The molecule has 23 heavy (non-hydrogen) atoms. The van der Waals surface area contributed by atoms with Gasteiger partial charge in [-0.3, -0.25) is 10.1 Å². The maximum absolute atomic E-state index is 12.4. The van der Waals surface area contributed by atoms with Crippen molar-refractivity contribution in [2.75, 3.05) is 16.8 Å². The van der Waals surface area contributed by atoms with E-state index in [1.54, 1.807) is 6.92 Å². The van der Waals surface area contributed by atoms with Crippen LogP contribution in [-0.2, 0) is 11.2 Å². The van der Waals surface area contributed by atoms with Crippen LogP contribution in [0.5, 0.6) is 0 Å². The summed E-state index contributed by atoms with van der Waals surface area (Å²) >= 11 is 0. The Balaban J connectivity index is 1.76. The summed E-state index contributed by atoms with van der Waals surface area (Å²) in [6.45, 7) is 5.94. The van der Waals surface area contributed by atoms with Crippen LogP contribution in [-0.4, -0.2) is 18.5 Å². The second-order valence-electron chi connectivity index (χ2n) is 5.96. The number of aryl methyl sites for hydroxylation is 1. The summed E-state index contributed by atoms with van der Waals surface area (Å²) in [7, 11) is 0. The average molecular weight is 309 g/mol. The molecule has 2 heterocycles. The molecule has 1 atom stereocenters. The molecule has 5 nitrogen and oxygen atoms in total. The second-order valence-corrected chi connectivity index (χ2v) is 5.96. The van der Waals surface area contributed by atoms with E-state index in [2.05, 4.69) is 29.3 Å². The Morgan fingerprint density at radius 1 is 1.43 bits per heavy atom. The lowest BCUT2D eigenvalue weighted by Gasteiger charge is -2.23. The minimum atomic E-state index is -0.182. The Morgan fingerprint density at radius 3 is 2.91 bits per heavy atom. The Hall–Kier alpha value is -2.74. The first-order valence-electron chi connectivity index (χ1n) is 7.65. The van der Waals surface area contributed by atoms with Gasteiger partial charge in [-0.1, -0.05) is 18.2 Å². The highest BCUT2D eigenvalue weighted by Gasteiger charge is 2.27. The lowest BCUT2D eigenvalue weighted by atomic mass is 10.1. The lowest BCUT2D eigenvalue weighted by molar-refractivity contribution is -0.115. The fourth-order valence-electron chi connectivity index (χ4n) is 3.04. The molecule has 1 aliphatic rings. The van der Waals surface area contributed by atoms with Crippen LogP contribution in [0.2, 0.25) is 0 Å². The van der Waals surface area contributed by atoms with Crippen molar-refractivity contribution in [2.24, 2.45) is 0 Å². The smallest absolute Gasteiger partial charge is 0.246 e. The SMILES string of the molecule is Cc1oc(NC(=O)CN2c3ccccc3CC2C)c(C#N)c1C. The van der Waals surface area contributed by atoms with Crippen molar-refractivity contribution in [3.63, 3.8) is 0 Å². The number of hydrogen-bond donors (Lipinski definition) is 1. The van der Waals surface area contributed by atoms with Crippen LogP contribution in [0.1, 0.15) is 29.4 Å². The number of furan rings is 1. The van der Waals surface area contributed by atoms with Crippen LogP contribution in [0.25, 0.3) is 0 Å². The zero-order valence-electron chi connectivity index (χ0n) is 13.5. The van der Waals surface area contributed by atoms with E-state index in [-0.39, 0.29) is 24.4 Å². The van der Waals surface area contributed by atoms with Crippen LogP contribution >= 0.6 is 0 Å². The highest BCUT2D eigenvalue weighted by atomic mass is 16.4. The molecule has 0 radical (unpaired) electrons. The number of fused-ring (bicyclic) bond motifs is 1. The van der Waals surface area contributed by atoms with Crippen LogP contribution in [0.3, 0.4) is 0 Å². The van der Waals surface area contributed by atoms with Crippen LogP contribution in [0.15, 0.2) is 28.7 Å². The van der Waals surface area contributed by atoms with Gasteiger partial charge in [0.15, 0.2) is 0 Å². The Labute approximate surface area is 135 Å². The van der Waals surface area contributed by atoms with Crippen molar-refractivity contribution in [1.82, 2.24) is 0 Å². The third-order valence-electron chi connectivity index (χ3n) is 4.41. The van der Waals surface area contributed by atoms with Gasteiger partial charge >= 0.3 is 0 Å². The highest BCUT2D eigenvalue weighted by Crippen LogP contribution is 2.31. The number of carbonyl (C=O) groups is 1. The first-order chi connectivity index (χ1) is 11.0. The molecule has 0 saturated heterocycles. The maximum Gasteiger partial charge on any atom is 0.246 e. The first kappa shape index (κ1) is 15.2. The molecule has 0 spiro atoms. The number of nitrogens with zero attached hydrogens (tertiary/aromatic N) is 2. The van der Waals surface area contributed by atoms with Crippen molar-refractivity contribution in [3.8, 4) is 6.07 Å². The standard InChI is InChI=1S/C18H19N3O2/c1-11-8-14-6-4-5-7-16(14)21(11)10-17(22)20-18-15(9-19)12(2)13(3)23-18/h4-7,11H,8,10H2,1-3H3,(H,20,22). The second kappa shape index (κ2) is 5.81. The number of carbonyl (C=O) groups excluding carboxylic acids is 1. The number of hydrogen-bond acceptors (Lipinski definition) is 4. The van der Waals surface area contributed by atoms with Gasteiger partial charge in [-0.2, -0.15) is 5.26 Å². The van der Waals surface area contributed by atoms with Gasteiger partial charge in [0.1, 0.15) is 17.4 Å². The molecule has 0 aliphatic carbocycles. The number of anilines is 2. The van der Waals surface area contributed by atoms with Crippen molar-refractivity contribution in [3.05, 3.63) is 46.7 Å². The van der Waals surface area contributed by atoms with E-state index in [4.69, 9.17) is 4.42 Å². The van der Waals surface area contributed by atoms with E-state index >= 15 is 0 Å². The summed E-state index contributed by atoms with van der Waals surface area (Å²) in [6, 6.07) is 10.5. The lowest BCUT2D eigenvalue weighted by Crippen LogP contribution is -2.37. The zero-order valence-corrected chi connectivity index (χ0v) is 13.5. The van der Waals surface area contributed by atoms with E-state index in [0.29, 0.717) is 11.3 Å². The number of nitriles is 1. The molecule has 1 unspecified atom stereocenters. The summed E-state index contributed by atoms with van der Waals surface area (Å²) < 4.78 is 5.49. The molecule has 0 bridgehead atoms. The van der Waals surface area contributed by atoms with Gasteiger partial charge in [-0.25, -0.2) is 0 Å². The number of nitrogens with one attached hydrogen (secondary N) is 1. The molecule has 1 aromatic carbocycles. The quantitative estimate of drug-likeness (QED) is 0.945. The Kier molecular flexibility index (Phi) is 3.83. The topological polar surface area (TPSA) is 69.3 Å². The highest BCUT2D eigenvalue weighted by molar-refractivity contribution is 5.94. The fourth-order valence-corrected chi connectivity index (χ4v) is 3.04. The third-order valence-corrected chi connectivity index (χ3v) is 4.41. The van der Waals surface area contributed by atoms with Gasteiger partial charge in [0.05, 0.1) is 6.54 Å². The number of amides is 1. The predicted molar refractivity (Wildman–Crippen MR) is 88.5 cm³/mol. The zero-order chi connectivity index (χ0) is 16.6. The van der Waals surface area contributed by atoms with E-state index < -0.39 is 0 Å². The predicted octanol–water partition coefficient (Wildman–Crippen LogP) is 3.16. The van der Waals surface area contributed by atoms with Gasteiger partial charge in [0, 0.05) is 17.3 Å². The van der Waals surface area contributed by atoms with Crippen molar-refractivity contribution < 1.29 is 9.21 Å². The van der Waals surface area contributed by atoms with Crippen molar-refractivity contribution in [1.29, 1.82) is 5.26 Å². The van der Waals surface area contributed by atoms with E-state index in [1.807, 2.05) is 25.1 Å². The van der Waals surface area contributed by atoms with Gasteiger partial charge in [0.25, 0.3) is 0 Å². The molecule has 118 valence electrons. The van der Waals surface area contributed by atoms with Crippen molar-refractivity contribution >= 4 is 17.5 Å². The molecular formula is C18H19N3O2. The summed E-state index contributed by atoms with van der Waals surface area (Å²) in [5.41, 5.74) is 3.52. The van der Waals surface area contributed by atoms with E-state index in [0.717, 1.165) is 17.7 Å². The van der Waals surface area contributed by atoms with Crippen LogP contribution in [0.4, 0.5) is 11.6 Å². The number of benzene rings is 1. The molecule has 1 amide bonds. The number of para-hydroxylation sites is 1.